The summed E-state index contributed by atoms with van der Waals surface area (Å²) >= 11 is 10.5. The van der Waals surface area contributed by atoms with Crippen LogP contribution in [-0.4, -0.2) is 0 Å². The van der Waals surface area contributed by atoms with Gasteiger partial charge in [0, 0.05) is 14.5 Å². The van der Waals surface area contributed by atoms with E-state index in [1.807, 2.05) is 48.5 Å². The van der Waals surface area contributed by atoms with Gasteiger partial charge in [0.25, 0.3) is 0 Å². The van der Waals surface area contributed by atoms with Crippen molar-refractivity contribution >= 4 is 47.8 Å². The van der Waals surface area contributed by atoms with Gasteiger partial charge in [-0.2, -0.15) is 0 Å². The van der Waals surface area contributed by atoms with E-state index in [0.717, 1.165) is 20.3 Å². The summed E-state index contributed by atoms with van der Waals surface area (Å²) in [5.41, 5.74) is 1.04. The molecule has 0 aromatic heterocycles. The fraction of sp³-hybridized carbons (Fsp3) is 0.0769. The van der Waals surface area contributed by atoms with E-state index in [9.17, 15) is 0 Å². The Labute approximate surface area is 126 Å². The molecule has 0 bridgehead atoms. The van der Waals surface area contributed by atoms with Crippen LogP contribution in [0.15, 0.2) is 57.5 Å². The summed E-state index contributed by atoms with van der Waals surface area (Å²) in [7, 11) is 0. The molecular formula is C13H9Br3O. The number of rotatable bonds is 3. The molecule has 1 nitrogen and oxygen atoms in total. The number of halogens is 3. The summed E-state index contributed by atoms with van der Waals surface area (Å²) in [6.07, 6.45) is 0. The molecule has 0 amide bonds. The SMILES string of the molecule is Brc1cccc(C(Br)Oc2ccccc2)c1Br. The maximum atomic E-state index is 5.80. The molecule has 0 aliphatic rings. The molecule has 2 aromatic carbocycles. The summed E-state index contributed by atoms with van der Waals surface area (Å²) in [6, 6.07) is 15.7. The highest BCUT2D eigenvalue weighted by Crippen LogP contribution is 2.35. The van der Waals surface area contributed by atoms with Crippen molar-refractivity contribution in [3.8, 4) is 5.75 Å². The van der Waals surface area contributed by atoms with Crippen LogP contribution < -0.4 is 4.74 Å². The lowest BCUT2D eigenvalue weighted by atomic mass is 10.2. The van der Waals surface area contributed by atoms with Gasteiger partial charge in [0.2, 0.25) is 0 Å². The second kappa shape index (κ2) is 6.03. The lowest BCUT2D eigenvalue weighted by Crippen LogP contribution is -2.00. The van der Waals surface area contributed by atoms with Crippen LogP contribution in [0.1, 0.15) is 10.6 Å². The van der Waals surface area contributed by atoms with Crippen LogP contribution in [0.25, 0.3) is 0 Å². The fourth-order valence-corrected chi connectivity index (χ4v) is 3.14. The monoisotopic (exact) mass is 418 g/mol. The second-order valence-electron chi connectivity index (χ2n) is 3.39. The van der Waals surface area contributed by atoms with Gasteiger partial charge in [0.05, 0.1) is 0 Å². The molecule has 0 radical (unpaired) electrons. The summed E-state index contributed by atoms with van der Waals surface area (Å²) in [6.45, 7) is 0. The predicted molar refractivity (Wildman–Crippen MR) is 80.6 cm³/mol. The normalized spacial score (nSPS) is 12.2. The number of para-hydroxylation sites is 1. The third-order valence-electron chi connectivity index (χ3n) is 2.21. The first-order valence-electron chi connectivity index (χ1n) is 4.98. The van der Waals surface area contributed by atoms with E-state index in [1.54, 1.807) is 0 Å². The Balaban J connectivity index is 2.20. The number of benzene rings is 2. The molecule has 1 unspecified atom stereocenters. The van der Waals surface area contributed by atoms with Crippen molar-refractivity contribution in [2.24, 2.45) is 0 Å². The third kappa shape index (κ3) is 3.33. The highest BCUT2D eigenvalue weighted by Gasteiger charge is 2.14. The zero-order valence-corrected chi connectivity index (χ0v) is 13.5. The van der Waals surface area contributed by atoms with Gasteiger partial charge < -0.3 is 4.74 Å². The van der Waals surface area contributed by atoms with Crippen molar-refractivity contribution in [1.29, 1.82) is 0 Å². The number of hydrogen-bond acceptors (Lipinski definition) is 1. The van der Waals surface area contributed by atoms with Gasteiger partial charge in [-0.25, -0.2) is 0 Å². The summed E-state index contributed by atoms with van der Waals surface area (Å²) < 4.78 is 7.81. The van der Waals surface area contributed by atoms with Gasteiger partial charge >= 0.3 is 0 Å². The molecule has 88 valence electrons. The average Bonchev–Trinajstić information content (AvgIpc) is 2.34. The Kier molecular flexibility index (Phi) is 4.65. The minimum Gasteiger partial charge on any atom is -0.474 e. The molecule has 0 aliphatic carbocycles. The number of ether oxygens (including phenoxy) is 1. The van der Waals surface area contributed by atoms with E-state index < -0.39 is 0 Å². The van der Waals surface area contributed by atoms with Crippen LogP contribution in [0.3, 0.4) is 0 Å². The third-order valence-corrected chi connectivity index (χ3v) is 4.97. The molecule has 1 atom stereocenters. The zero-order valence-electron chi connectivity index (χ0n) is 8.74. The lowest BCUT2D eigenvalue weighted by Gasteiger charge is -2.15. The molecule has 2 aromatic rings. The first-order chi connectivity index (χ1) is 8.18. The van der Waals surface area contributed by atoms with E-state index in [1.165, 1.54) is 0 Å². The van der Waals surface area contributed by atoms with Crippen molar-refractivity contribution in [2.45, 2.75) is 5.01 Å². The second-order valence-corrected chi connectivity index (χ2v) is 5.87. The summed E-state index contributed by atoms with van der Waals surface area (Å²) in [5.74, 6) is 0.834. The molecule has 17 heavy (non-hydrogen) atoms. The average molecular weight is 421 g/mol. The van der Waals surface area contributed by atoms with E-state index in [-0.39, 0.29) is 5.01 Å². The van der Waals surface area contributed by atoms with Crippen molar-refractivity contribution in [2.75, 3.05) is 0 Å². The van der Waals surface area contributed by atoms with Crippen molar-refractivity contribution < 1.29 is 4.74 Å². The molecule has 2 rings (SSSR count). The van der Waals surface area contributed by atoms with Crippen LogP contribution in [0.5, 0.6) is 5.75 Å². The van der Waals surface area contributed by atoms with Crippen molar-refractivity contribution in [3.63, 3.8) is 0 Å². The molecule has 0 spiro atoms. The summed E-state index contributed by atoms with van der Waals surface area (Å²) in [5, 5.41) is -0.184. The van der Waals surface area contributed by atoms with E-state index in [0.29, 0.717) is 0 Å². The van der Waals surface area contributed by atoms with Gasteiger partial charge in [-0.3, -0.25) is 0 Å². The Morgan fingerprint density at radius 1 is 0.882 bits per heavy atom. The van der Waals surface area contributed by atoms with E-state index in [2.05, 4.69) is 47.8 Å². The smallest absolute Gasteiger partial charge is 0.179 e. The lowest BCUT2D eigenvalue weighted by molar-refractivity contribution is 0.301. The minimum atomic E-state index is -0.184. The maximum Gasteiger partial charge on any atom is 0.179 e. The topological polar surface area (TPSA) is 9.23 Å². The molecule has 0 aliphatic heterocycles. The molecule has 4 heteroatoms. The molecule has 0 heterocycles. The number of alkyl halides is 1. The minimum absolute atomic E-state index is 0.184. The molecule has 0 fully saturated rings. The van der Waals surface area contributed by atoms with E-state index >= 15 is 0 Å². The van der Waals surface area contributed by atoms with Gasteiger partial charge in [0.1, 0.15) is 5.75 Å². The van der Waals surface area contributed by atoms with Gasteiger partial charge in [-0.1, -0.05) is 30.3 Å². The van der Waals surface area contributed by atoms with Crippen LogP contribution in [-0.2, 0) is 0 Å². The first-order valence-corrected chi connectivity index (χ1v) is 7.48. The van der Waals surface area contributed by atoms with Gasteiger partial charge in [-0.15, -0.1) is 0 Å². The molecule has 0 N–H and O–H groups in total. The van der Waals surface area contributed by atoms with Crippen LogP contribution in [0.2, 0.25) is 0 Å². The Morgan fingerprint density at radius 2 is 1.59 bits per heavy atom. The number of hydrogen-bond donors (Lipinski definition) is 0. The predicted octanol–water partition coefficient (Wildman–Crippen LogP) is 5.68. The molecular weight excluding hydrogens is 412 g/mol. The quantitative estimate of drug-likeness (QED) is 0.580. The fourth-order valence-electron chi connectivity index (χ4n) is 1.38. The van der Waals surface area contributed by atoms with Crippen molar-refractivity contribution in [3.05, 3.63) is 63.0 Å². The maximum absolute atomic E-state index is 5.80. The first kappa shape index (κ1) is 13.1. The zero-order chi connectivity index (χ0) is 12.3. The highest BCUT2D eigenvalue weighted by molar-refractivity contribution is 9.13. The molecule has 0 saturated carbocycles. The largest absolute Gasteiger partial charge is 0.474 e. The van der Waals surface area contributed by atoms with Crippen LogP contribution in [0, 0.1) is 0 Å². The van der Waals surface area contributed by atoms with E-state index in [4.69, 9.17) is 4.74 Å². The highest BCUT2D eigenvalue weighted by atomic mass is 79.9. The van der Waals surface area contributed by atoms with Crippen LogP contribution in [0.4, 0.5) is 0 Å². The van der Waals surface area contributed by atoms with Crippen LogP contribution >= 0.6 is 47.8 Å². The molecule has 0 saturated heterocycles. The standard InChI is InChI=1S/C13H9Br3O/c14-11-8-4-7-10(12(11)15)13(16)17-9-5-2-1-3-6-9/h1-8,13H. The van der Waals surface area contributed by atoms with Gasteiger partial charge in [0.15, 0.2) is 5.01 Å². The Hall–Kier alpha value is -0.320. The van der Waals surface area contributed by atoms with Gasteiger partial charge in [-0.05, 0) is 66.0 Å². The Bertz CT molecular complexity index is 499. The Morgan fingerprint density at radius 3 is 2.29 bits per heavy atom. The van der Waals surface area contributed by atoms with Crippen molar-refractivity contribution in [1.82, 2.24) is 0 Å². The summed E-state index contributed by atoms with van der Waals surface area (Å²) in [4.78, 5) is 0.